The van der Waals surface area contributed by atoms with E-state index >= 15 is 0 Å². The van der Waals surface area contributed by atoms with Gasteiger partial charge in [0.1, 0.15) is 0 Å². The first-order valence-electron chi connectivity index (χ1n) is 8.22. The standard InChI is InChI=1S/C19H14F2I2O5/c1-27-18(26)19(20,21)5-6-28-17(25)10-4-2-3-9-7-11-15(14(9)10)12(22)8-13(23)16(11)24/h2-4,8,13H,5-7H2,1H3. The van der Waals surface area contributed by atoms with Crippen molar-refractivity contribution in [1.29, 1.82) is 0 Å². The number of carbonyl (C=O) groups is 3. The molecule has 2 aliphatic carbocycles. The maximum absolute atomic E-state index is 13.5. The van der Waals surface area contributed by atoms with Gasteiger partial charge < -0.3 is 9.47 Å². The third-order valence-electron chi connectivity index (χ3n) is 4.50. The summed E-state index contributed by atoms with van der Waals surface area (Å²) >= 11 is 4.19. The number of alkyl halides is 3. The summed E-state index contributed by atoms with van der Waals surface area (Å²) in [6, 6.07) is 5.04. The number of halogens is 4. The number of Topliss-reactive ketones (excluding diaryl/α,β-unsaturated/α-hetero) is 1. The van der Waals surface area contributed by atoms with Gasteiger partial charge in [0, 0.05) is 26.7 Å². The number of methoxy groups -OCH3 is 1. The number of ketones is 1. The molecule has 5 nitrogen and oxygen atoms in total. The smallest absolute Gasteiger partial charge is 0.376 e. The molecule has 0 saturated heterocycles. The van der Waals surface area contributed by atoms with E-state index in [1.54, 1.807) is 12.1 Å². The number of hydrogen-bond acceptors (Lipinski definition) is 5. The third kappa shape index (κ3) is 3.87. The van der Waals surface area contributed by atoms with Crippen LogP contribution < -0.4 is 0 Å². The third-order valence-corrected chi connectivity index (χ3v) is 6.33. The summed E-state index contributed by atoms with van der Waals surface area (Å²) in [6.45, 7) is -0.641. The Morgan fingerprint density at radius 2 is 2.04 bits per heavy atom. The Hall–Kier alpha value is -1.37. The van der Waals surface area contributed by atoms with E-state index < -0.39 is 30.9 Å². The summed E-state index contributed by atoms with van der Waals surface area (Å²) in [5, 5.41) is 0. The number of fused-ring (bicyclic) bond motifs is 2. The molecule has 3 rings (SSSR count). The summed E-state index contributed by atoms with van der Waals surface area (Å²) in [5.74, 6) is -6.18. The van der Waals surface area contributed by atoms with Crippen molar-refractivity contribution in [2.24, 2.45) is 0 Å². The van der Waals surface area contributed by atoms with Crippen LogP contribution in [-0.4, -0.2) is 41.3 Å². The molecule has 1 atom stereocenters. The predicted octanol–water partition coefficient (Wildman–Crippen LogP) is 4.06. The van der Waals surface area contributed by atoms with E-state index in [9.17, 15) is 23.2 Å². The molecule has 1 unspecified atom stereocenters. The summed E-state index contributed by atoms with van der Waals surface area (Å²) in [6.07, 6.45) is 1.28. The van der Waals surface area contributed by atoms with Gasteiger partial charge in [0.05, 0.1) is 29.6 Å². The molecule has 28 heavy (non-hydrogen) atoms. The van der Waals surface area contributed by atoms with E-state index in [0.717, 1.165) is 16.3 Å². The van der Waals surface area contributed by atoms with E-state index in [2.05, 4.69) is 49.9 Å². The first-order chi connectivity index (χ1) is 13.2. The van der Waals surface area contributed by atoms with Crippen molar-refractivity contribution in [3.05, 3.63) is 50.1 Å². The van der Waals surface area contributed by atoms with E-state index in [4.69, 9.17) is 4.74 Å². The van der Waals surface area contributed by atoms with Crippen LogP contribution in [0.3, 0.4) is 0 Å². The summed E-state index contributed by atoms with van der Waals surface area (Å²) in [5.41, 5.74) is 3.01. The Morgan fingerprint density at radius 1 is 1.32 bits per heavy atom. The van der Waals surface area contributed by atoms with Crippen molar-refractivity contribution >= 4 is 68.5 Å². The maximum atomic E-state index is 13.5. The number of esters is 2. The van der Waals surface area contributed by atoms with E-state index in [1.165, 1.54) is 0 Å². The fourth-order valence-electron chi connectivity index (χ4n) is 3.17. The average Bonchev–Trinajstić information content (AvgIpc) is 3.05. The highest BCUT2D eigenvalue weighted by Gasteiger charge is 2.40. The summed E-state index contributed by atoms with van der Waals surface area (Å²) in [4.78, 5) is 36.1. The van der Waals surface area contributed by atoms with Gasteiger partial charge in [-0.15, -0.1) is 0 Å². The van der Waals surface area contributed by atoms with Crippen LogP contribution in [0.4, 0.5) is 8.78 Å². The minimum atomic E-state index is -3.73. The molecule has 0 saturated carbocycles. The Bertz CT molecular complexity index is 936. The topological polar surface area (TPSA) is 69.7 Å². The second kappa shape index (κ2) is 8.17. The fraction of sp³-hybridized carbons (Fsp3) is 0.316. The second-order valence-corrected chi connectivity index (χ2v) is 8.74. The van der Waals surface area contributed by atoms with Gasteiger partial charge in [0.15, 0.2) is 5.78 Å². The van der Waals surface area contributed by atoms with Crippen molar-refractivity contribution < 1.29 is 32.6 Å². The van der Waals surface area contributed by atoms with Crippen LogP contribution in [0.25, 0.3) is 5.57 Å². The molecular formula is C19H14F2I2O5. The first kappa shape index (κ1) is 21.3. The number of hydrogen-bond donors (Lipinski definition) is 0. The summed E-state index contributed by atoms with van der Waals surface area (Å²) < 4.78 is 36.7. The highest BCUT2D eigenvalue weighted by molar-refractivity contribution is 14.1. The molecule has 0 aromatic heterocycles. The number of ether oxygens (including phenoxy) is 2. The molecule has 0 bridgehead atoms. The van der Waals surface area contributed by atoms with Crippen LogP contribution in [0.1, 0.15) is 27.9 Å². The first-order valence-corrected chi connectivity index (χ1v) is 10.5. The van der Waals surface area contributed by atoms with Gasteiger partial charge in [0.2, 0.25) is 0 Å². The van der Waals surface area contributed by atoms with Crippen LogP contribution in [0, 0.1) is 0 Å². The summed E-state index contributed by atoms with van der Waals surface area (Å²) in [7, 11) is 0.863. The molecule has 1 aromatic carbocycles. The molecule has 0 aliphatic heterocycles. The number of carbonyl (C=O) groups excluding carboxylic acids is 3. The van der Waals surface area contributed by atoms with Crippen molar-refractivity contribution in [3.8, 4) is 0 Å². The van der Waals surface area contributed by atoms with Crippen LogP contribution >= 0.6 is 45.2 Å². The van der Waals surface area contributed by atoms with Gasteiger partial charge in [-0.1, -0.05) is 34.7 Å². The highest BCUT2D eigenvalue weighted by atomic mass is 127. The lowest BCUT2D eigenvalue weighted by Gasteiger charge is -2.17. The second-order valence-electron chi connectivity index (χ2n) is 6.23. The van der Waals surface area contributed by atoms with Gasteiger partial charge in [0.25, 0.3) is 0 Å². The van der Waals surface area contributed by atoms with Gasteiger partial charge in [-0.3, -0.25) is 4.79 Å². The van der Waals surface area contributed by atoms with Gasteiger partial charge in [-0.2, -0.15) is 8.78 Å². The van der Waals surface area contributed by atoms with Crippen LogP contribution in [0.2, 0.25) is 0 Å². The molecule has 0 heterocycles. The minimum absolute atomic E-state index is 0.00394. The zero-order valence-corrected chi connectivity index (χ0v) is 18.9. The van der Waals surface area contributed by atoms with Crippen LogP contribution in [-0.2, 0) is 25.5 Å². The normalized spacial score (nSPS) is 18.4. The molecule has 0 amide bonds. The molecule has 1 aromatic rings. The predicted molar refractivity (Wildman–Crippen MR) is 114 cm³/mol. The molecule has 9 heteroatoms. The van der Waals surface area contributed by atoms with Gasteiger partial charge in [-0.25, -0.2) is 9.59 Å². The van der Waals surface area contributed by atoms with Crippen molar-refractivity contribution in [2.45, 2.75) is 22.7 Å². The van der Waals surface area contributed by atoms with Crippen LogP contribution in [0.15, 0.2) is 33.4 Å². The zero-order valence-electron chi connectivity index (χ0n) is 14.6. The SMILES string of the molecule is COC(=O)C(F)(F)CCOC(=O)c1cccc2c1C1=C(C2)C(=O)C(I)C=C1I. The number of benzene rings is 1. The molecule has 2 aliphatic rings. The Balaban J connectivity index is 1.83. The Morgan fingerprint density at radius 3 is 2.71 bits per heavy atom. The molecule has 0 spiro atoms. The lowest BCUT2D eigenvalue weighted by atomic mass is 9.94. The molecule has 0 radical (unpaired) electrons. The minimum Gasteiger partial charge on any atom is -0.465 e. The van der Waals surface area contributed by atoms with E-state index in [0.29, 0.717) is 23.1 Å². The lowest BCUT2D eigenvalue weighted by Crippen LogP contribution is -2.31. The van der Waals surface area contributed by atoms with Crippen molar-refractivity contribution in [3.63, 3.8) is 0 Å². The van der Waals surface area contributed by atoms with Crippen LogP contribution in [0.5, 0.6) is 0 Å². The molecule has 0 N–H and O–H groups in total. The van der Waals surface area contributed by atoms with Crippen molar-refractivity contribution in [1.82, 2.24) is 0 Å². The molecule has 0 fully saturated rings. The number of allylic oxidation sites excluding steroid dienone is 4. The largest absolute Gasteiger partial charge is 0.465 e. The zero-order chi connectivity index (χ0) is 20.6. The number of rotatable bonds is 5. The molecular weight excluding hydrogens is 600 g/mol. The monoisotopic (exact) mass is 614 g/mol. The highest BCUT2D eigenvalue weighted by Crippen LogP contribution is 2.46. The maximum Gasteiger partial charge on any atom is 0.376 e. The van der Waals surface area contributed by atoms with E-state index in [1.807, 2.05) is 12.1 Å². The molecule has 148 valence electrons. The average molecular weight is 614 g/mol. The fourth-order valence-corrected chi connectivity index (χ4v) is 5.55. The quantitative estimate of drug-likeness (QED) is 0.285. The van der Waals surface area contributed by atoms with E-state index in [-0.39, 0.29) is 15.3 Å². The van der Waals surface area contributed by atoms with Gasteiger partial charge >= 0.3 is 17.9 Å². The Labute approximate surface area is 186 Å². The lowest BCUT2D eigenvalue weighted by molar-refractivity contribution is -0.170. The van der Waals surface area contributed by atoms with Gasteiger partial charge in [-0.05, 0) is 40.3 Å². The Kier molecular flexibility index (Phi) is 6.23. The van der Waals surface area contributed by atoms with Crippen molar-refractivity contribution in [2.75, 3.05) is 13.7 Å².